The standard InChI is InChI=1S/C19H16F3N3O3/c20-19(21,22)14-7-3-8-23(18(14)28)11-15(26)24-9-4-10-25-16(24)12-5-1-2-6-13(12)17(25)27/h1-3,5-8,16H,4,9-11H2/t16-/m1/s1. The molecule has 146 valence electrons. The minimum absolute atomic E-state index is 0.172. The molecular weight excluding hydrogens is 375 g/mol. The maximum Gasteiger partial charge on any atom is 0.421 e. The van der Waals surface area contributed by atoms with Crippen LogP contribution in [0.2, 0.25) is 0 Å². The molecule has 0 radical (unpaired) electrons. The van der Waals surface area contributed by atoms with E-state index in [0.717, 1.165) is 16.8 Å². The van der Waals surface area contributed by atoms with Crippen LogP contribution in [-0.4, -0.2) is 39.3 Å². The Labute approximate surface area is 157 Å². The Kier molecular flexibility index (Phi) is 4.24. The van der Waals surface area contributed by atoms with Gasteiger partial charge in [-0.05, 0) is 24.6 Å². The lowest BCUT2D eigenvalue weighted by Crippen LogP contribution is -2.50. The topological polar surface area (TPSA) is 62.6 Å². The number of fused-ring (bicyclic) bond motifs is 3. The molecule has 2 amide bonds. The first-order chi connectivity index (χ1) is 13.3. The average molecular weight is 391 g/mol. The summed E-state index contributed by atoms with van der Waals surface area (Å²) in [5, 5.41) is 0. The van der Waals surface area contributed by atoms with E-state index in [-0.39, 0.29) is 5.91 Å². The Hall–Kier alpha value is -3.10. The van der Waals surface area contributed by atoms with Crippen molar-refractivity contribution in [2.75, 3.05) is 13.1 Å². The third kappa shape index (κ3) is 2.87. The fourth-order valence-corrected chi connectivity index (χ4v) is 3.82. The fourth-order valence-electron chi connectivity index (χ4n) is 3.82. The van der Waals surface area contributed by atoms with E-state index < -0.39 is 35.9 Å². The van der Waals surface area contributed by atoms with Gasteiger partial charge < -0.3 is 14.4 Å². The normalized spacial score (nSPS) is 18.8. The molecule has 9 heteroatoms. The van der Waals surface area contributed by atoms with Crippen molar-refractivity contribution in [1.29, 1.82) is 0 Å². The van der Waals surface area contributed by atoms with Gasteiger partial charge in [-0.2, -0.15) is 13.2 Å². The van der Waals surface area contributed by atoms with Gasteiger partial charge in [0.05, 0.1) is 0 Å². The molecule has 0 bridgehead atoms. The van der Waals surface area contributed by atoms with Crippen LogP contribution in [0.4, 0.5) is 13.2 Å². The summed E-state index contributed by atoms with van der Waals surface area (Å²) in [6, 6.07) is 8.75. The van der Waals surface area contributed by atoms with Gasteiger partial charge in [0.1, 0.15) is 18.3 Å². The Balaban J connectivity index is 1.65. The van der Waals surface area contributed by atoms with Gasteiger partial charge in [-0.1, -0.05) is 18.2 Å². The largest absolute Gasteiger partial charge is 0.421 e. The number of aromatic nitrogens is 1. The third-order valence-electron chi connectivity index (χ3n) is 5.07. The number of hydrogen-bond acceptors (Lipinski definition) is 3. The molecule has 2 aliphatic rings. The first-order valence-electron chi connectivity index (χ1n) is 8.75. The van der Waals surface area contributed by atoms with Crippen LogP contribution in [0.5, 0.6) is 0 Å². The molecule has 1 fully saturated rings. The summed E-state index contributed by atoms with van der Waals surface area (Å²) in [5.41, 5.74) is -1.37. The third-order valence-corrected chi connectivity index (χ3v) is 5.07. The van der Waals surface area contributed by atoms with Crippen LogP contribution in [0.25, 0.3) is 0 Å². The van der Waals surface area contributed by atoms with Crippen LogP contribution in [0.3, 0.4) is 0 Å². The number of amides is 2. The summed E-state index contributed by atoms with van der Waals surface area (Å²) in [4.78, 5) is 40.6. The number of carbonyl (C=O) groups is 2. The van der Waals surface area contributed by atoms with E-state index in [1.807, 2.05) is 0 Å². The van der Waals surface area contributed by atoms with Crippen molar-refractivity contribution >= 4 is 11.8 Å². The number of halogens is 3. The molecule has 2 aromatic rings. The maximum absolute atomic E-state index is 13.0. The molecule has 4 rings (SSSR count). The number of hydrogen-bond donors (Lipinski definition) is 0. The van der Waals surface area contributed by atoms with Crippen molar-refractivity contribution in [2.24, 2.45) is 0 Å². The monoisotopic (exact) mass is 391 g/mol. The van der Waals surface area contributed by atoms with Crippen molar-refractivity contribution in [2.45, 2.75) is 25.3 Å². The van der Waals surface area contributed by atoms with Gasteiger partial charge in [0, 0.05) is 30.4 Å². The lowest BCUT2D eigenvalue weighted by Gasteiger charge is -2.40. The second-order valence-corrected chi connectivity index (χ2v) is 6.75. The van der Waals surface area contributed by atoms with Crippen LogP contribution >= 0.6 is 0 Å². The zero-order valence-corrected chi connectivity index (χ0v) is 14.6. The maximum atomic E-state index is 13.0. The summed E-state index contributed by atoms with van der Waals surface area (Å²) in [5.74, 6) is -0.685. The predicted octanol–water partition coefficient (Wildman–Crippen LogP) is 2.25. The Morgan fingerprint density at radius 1 is 1.07 bits per heavy atom. The minimum atomic E-state index is -4.79. The highest BCUT2D eigenvalue weighted by Crippen LogP contribution is 2.38. The smallest absolute Gasteiger partial charge is 0.316 e. The number of rotatable bonds is 2. The predicted molar refractivity (Wildman–Crippen MR) is 92.3 cm³/mol. The molecule has 6 nitrogen and oxygen atoms in total. The van der Waals surface area contributed by atoms with Gasteiger partial charge >= 0.3 is 6.18 Å². The lowest BCUT2D eigenvalue weighted by atomic mass is 10.1. The van der Waals surface area contributed by atoms with E-state index in [1.165, 1.54) is 4.90 Å². The van der Waals surface area contributed by atoms with Gasteiger partial charge in [-0.25, -0.2) is 0 Å². The van der Waals surface area contributed by atoms with Crippen molar-refractivity contribution < 1.29 is 22.8 Å². The first kappa shape index (κ1) is 18.3. The van der Waals surface area contributed by atoms with Gasteiger partial charge in [0.25, 0.3) is 11.5 Å². The number of carbonyl (C=O) groups excluding carboxylic acids is 2. The number of alkyl halides is 3. The summed E-state index contributed by atoms with van der Waals surface area (Å²) in [6.07, 6.45) is -3.67. The summed E-state index contributed by atoms with van der Waals surface area (Å²) in [7, 11) is 0. The van der Waals surface area contributed by atoms with Gasteiger partial charge in [0.15, 0.2) is 0 Å². The summed E-state index contributed by atoms with van der Waals surface area (Å²) in [6.45, 7) is 0.324. The zero-order chi connectivity index (χ0) is 20.1. The molecule has 0 unspecified atom stereocenters. The highest BCUT2D eigenvalue weighted by Gasteiger charge is 2.43. The molecule has 0 spiro atoms. The highest BCUT2D eigenvalue weighted by atomic mass is 19.4. The molecule has 0 saturated carbocycles. The van der Waals surface area contributed by atoms with E-state index in [4.69, 9.17) is 0 Å². The molecule has 3 heterocycles. The minimum Gasteiger partial charge on any atom is -0.316 e. The fraction of sp³-hybridized carbons (Fsp3) is 0.316. The van der Waals surface area contributed by atoms with E-state index in [1.54, 1.807) is 29.2 Å². The molecule has 2 aliphatic heterocycles. The molecular formula is C19H16F3N3O3. The number of pyridine rings is 1. The van der Waals surface area contributed by atoms with Crippen LogP contribution in [0, 0.1) is 0 Å². The summed E-state index contributed by atoms with van der Waals surface area (Å²) >= 11 is 0. The van der Waals surface area contributed by atoms with Gasteiger partial charge in [0.2, 0.25) is 5.91 Å². The Morgan fingerprint density at radius 2 is 1.82 bits per heavy atom. The second-order valence-electron chi connectivity index (χ2n) is 6.75. The van der Waals surface area contributed by atoms with E-state index in [9.17, 15) is 27.6 Å². The number of nitrogens with zero attached hydrogens (tertiary/aromatic N) is 3. The molecule has 0 aliphatic carbocycles. The molecule has 28 heavy (non-hydrogen) atoms. The van der Waals surface area contributed by atoms with Crippen molar-refractivity contribution in [3.8, 4) is 0 Å². The number of benzene rings is 1. The molecule has 1 aromatic heterocycles. The van der Waals surface area contributed by atoms with Crippen LogP contribution in [0.1, 0.15) is 34.1 Å². The Morgan fingerprint density at radius 3 is 2.57 bits per heavy atom. The second kappa shape index (κ2) is 6.50. The van der Waals surface area contributed by atoms with Crippen molar-refractivity contribution in [1.82, 2.24) is 14.4 Å². The quantitative estimate of drug-likeness (QED) is 0.789. The van der Waals surface area contributed by atoms with Crippen LogP contribution in [0.15, 0.2) is 47.4 Å². The molecule has 1 atom stereocenters. The molecule has 0 N–H and O–H groups in total. The van der Waals surface area contributed by atoms with Gasteiger partial charge in [-0.3, -0.25) is 14.4 Å². The molecule has 1 saturated heterocycles. The van der Waals surface area contributed by atoms with E-state index in [0.29, 0.717) is 36.7 Å². The van der Waals surface area contributed by atoms with Crippen LogP contribution < -0.4 is 5.56 Å². The lowest BCUT2D eigenvalue weighted by molar-refractivity contribution is -0.142. The first-order valence-corrected chi connectivity index (χ1v) is 8.75. The van der Waals surface area contributed by atoms with Crippen molar-refractivity contribution in [3.63, 3.8) is 0 Å². The Bertz CT molecular complexity index is 1020. The highest BCUT2D eigenvalue weighted by molar-refractivity contribution is 5.99. The van der Waals surface area contributed by atoms with E-state index >= 15 is 0 Å². The molecule has 1 aromatic carbocycles. The van der Waals surface area contributed by atoms with Crippen LogP contribution in [-0.2, 0) is 17.5 Å². The SMILES string of the molecule is O=C(Cn1cccc(C(F)(F)F)c1=O)N1CCCN2C(=O)c3ccccc3[C@H]12. The summed E-state index contributed by atoms with van der Waals surface area (Å²) < 4.78 is 39.6. The van der Waals surface area contributed by atoms with Gasteiger partial charge in [-0.15, -0.1) is 0 Å². The zero-order valence-electron chi connectivity index (χ0n) is 14.6. The van der Waals surface area contributed by atoms with Crippen molar-refractivity contribution in [3.05, 3.63) is 69.6 Å². The average Bonchev–Trinajstić information content (AvgIpc) is 2.95. The van der Waals surface area contributed by atoms with E-state index in [2.05, 4.69) is 0 Å².